The molecule has 19 heavy (non-hydrogen) atoms. The summed E-state index contributed by atoms with van der Waals surface area (Å²) in [5, 5.41) is 9.13. The van der Waals surface area contributed by atoms with Gasteiger partial charge >= 0.3 is 0 Å². The highest BCUT2D eigenvalue weighted by molar-refractivity contribution is 5.54. The van der Waals surface area contributed by atoms with Crippen molar-refractivity contribution in [2.24, 2.45) is 0 Å². The zero-order valence-electron chi connectivity index (χ0n) is 10.5. The first-order valence-corrected chi connectivity index (χ1v) is 6.39. The molecule has 2 aromatic rings. The van der Waals surface area contributed by atoms with E-state index < -0.39 is 0 Å². The molecule has 94 valence electrons. The van der Waals surface area contributed by atoms with Crippen molar-refractivity contribution >= 4 is 5.82 Å². The lowest BCUT2D eigenvalue weighted by Gasteiger charge is -2.18. The Morgan fingerprint density at radius 2 is 2.05 bits per heavy atom. The number of rotatable bonds is 2. The molecule has 1 unspecified atom stereocenters. The van der Waals surface area contributed by atoms with Crippen molar-refractivity contribution in [3.8, 4) is 6.07 Å². The molecule has 1 saturated heterocycles. The van der Waals surface area contributed by atoms with Crippen LogP contribution in [-0.2, 0) is 0 Å². The maximum absolute atomic E-state index is 9.13. The van der Waals surface area contributed by atoms with E-state index in [-0.39, 0.29) is 0 Å². The molecule has 0 amide bonds. The third kappa shape index (κ3) is 2.27. The molecule has 3 rings (SSSR count). The van der Waals surface area contributed by atoms with Crippen LogP contribution in [0.2, 0.25) is 0 Å². The van der Waals surface area contributed by atoms with Crippen molar-refractivity contribution in [1.29, 1.82) is 5.26 Å². The molecule has 0 aromatic carbocycles. The molecule has 1 fully saturated rings. The smallest absolute Gasteiger partial charge is 0.146 e. The molecule has 0 radical (unpaired) electrons. The minimum Gasteiger partial charge on any atom is -0.355 e. The van der Waals surface area contributed by atoms with Gasteiger partial charge in [0.15, 0.2) is 0 Å². The van der Waals surface area contributed by atoms with Crippen LogP contribution in [0, 0.1) is 11.3 Å². The zero-order valence-corrected chi connectivity index (χ0v) is 10.5. The number of aromatic nitrogens is 2. The molecule has 2 aromatic heterocycles. The summed E-state index contributed by atoms with van der Waals surface area (Å²) in [6, 6.07) is 11.8. The highest BCUT2D eigenvalue weighted by Crippen LogP contribution is 2.29. The molecule has 1 aliphatic rings. The van der Waals surface area contributed by atoms with Crippen molar-refractivity contribution in [2.75, 3.05) is 18.0 Å². The van der Waals surface area contributed by atoms with Crippen molar-refractivity contribution in [3.63, 3.8) is 0 Å². The summed E-state index contributed by atoms with van der Waals surface area (Å²) in [4.78, 5) is 10.9. The van der Waals surface area contributed by atoms with E-state index in [1.807, 2.05) is 24.4 Å². The SMILES string of the molecule is N#Cc1cccnc1N1CCC(c2ccccn2)C1. The summed E-state index contributed by atoms with van der Waals surface area (Å²) < 4.78 is 0. The summed E-state index contributed by atoms with van der Waals surface area (Å²) in [7, 11) is 0. The predicted molar refractivity (Wildman–Crippen MR) is 72.8 cm³/mol. The molecule has 4 nitrogen and oxygen atoms in total. The van der Waals surface area contributed by atoms with E-state index >= 15 is 0 Å². The van der Waals surface area contributed by atoms with Gasteiger partial charge in [-0.3, -0.25) is 4.98 Å². The minimum absolute atomic E-state index is 0.426. The number of nitrogens with zero attached hydrogens (tertiary/aromatic N) is 4. The van der Waals surface area contributed by atoms with Gasteiger partial charge in [-0.05, 0) is 30.7 Å². The number of hydrogen-bond acceptors (Lipinski definition) is 4. The van der Waals surface area contributed by atoms with Gasteiger partial charge in [-0.2, -0.15) is 5.26 Å². The molecule has 0 bridgehead atoms. The first-order valence-electron chi connectivity index (χ1n) is 6.39. The fraction of sp³-hybridized carbons (Fsp3) is 0.267. The van der Waals surface area contributed by atoms with Crippen LogP contribution in [0.4, 0.5) is 5.82 Å². The Bertz CT molecular complexity index is 603. The highest BCUT2D eigenvalue weighted by atomic mass is 15.2. The third-order valence-corrected chi connectivity index (χ3v) is 3.50. The van der Waals surface area contributed by atoms with Gasteiger partial charge in [0.05, 0.1) is 5.56 Å². The van der Waals surface area contributed by atoms with Gasteiger partial charge in [0, 0.05) is 37.1 Å². The van der Waals surface area contributed by atoms with Gasteiger partial charge in [-0.15, -0.1) is 0 Å². The van der Waals surface area contributed by atoms with Crippen LogP contribution in [0.25, 0.3) is 0 Å². The first-order chi connectivity index (χ1) is 9.38. The van der Waals surface area contributed by atoms with Crippen molar-refractivity contribution in [3.05, 3.63) is 54.0 Å². The van der Waals surface area contributed by atoms with Crippen molar-refractivity contribution in [1.82, 2.24) is 9.97 Å². The van der Waals surface area contributed by atoms with Crippen molar-refractivity contribution in [2.45, 2.75) is 12.3 Å². The number of anilines is 1. The molecule has 1 aliphatic heterocycles. The normalized spacial score (nSPS) is 18.3. The van der Waals surface area contributed by atoms with E-state index in [0.717, 1.165) is 31.0 Å². The monoisotopic (exact) mass is 250 g/mol. The molecule has 0 N–H and O–H groups in total. The average Bonchev–Trinajstić information content (AvgIpc) is 2.98. The molecular formula is C15H14N4. The Morgan fingerprint density at radius 1 is 1.16 bits per heavy atom. The lowest BCUT2D eigenvalue weighted by molar-refractivity contribution is 0.744. The van der Waals surface area contributed by atoms with E-state index in [2.05, 4.69) is 27.0 Å². The summed E-state index contributed by atoms with van der Waals surface area (Å²) in [5.74, 6) is 1.22. The van der Waals surface area contributed by atoms with Crippen LogP contribution < -0.4 is 4.90 Å². The van der Waals surface area contributed by atoms with E-state index in [0.29, 0.717) is 11.5 Å². The quantitative estimate of drug-likeness (QED) is 0.821. The van der Waals surface area contributed by atoms with E-state index in [1.165, 1.54) is 0 Å². The van der Waals surface area contributed by atoms with Crippen LogP contribution in [-0.4, -0.2) is 23.1 Å². The second-order valence-electron chi connectivity index (χ2n) is 4.67. The summed E-state index contributed by atoms with van der Waals surface area (Å²) in [6.45, 7) is 1.80. The largest absolute Gasteiger partial charge is 0.355 e. The molecule has 3 heterocycles. The van der Waals surface area contributed by atoms with Gasteiger partial charge in [-0.1, -0.05) is 6.07 Å². The lowest BCUT2D eigenvalue weighted by atomic mass is 10.0. The van der Waals surface area contributed by atoms with Crippen LogP contribution >= 0.6 is 0 Å². The minimum atomic E-state index is 0.426. The Hall–Kier alpha value is -2.41. The second-order valence-corrected chi connectivity index (χ2v) is 4.67. The fourth-order valence-corrected chi connectivity index (χ4v) is 2.55. The standard InChI is InChI=1S/C15H14N4/c16-10-12-4-3-8-18-15(12)19-9-6-13(11-19)14-5-1-2-7-17-14/h1-5,7-8,13H,6,9,11H2. The van der Waals surface area contributed by atoms with E-state index in [4.69, 9.17) is 5.26 Å². The average molecular weight is 250 g/mol. The van der Waals surface area contributed by atoms with Crippen molar-refractivity contribution < 1.29 is 0 Å². The van der Waals surface area contributed by atoms with Gasteiger partial charge in [0.25, 0.3) is 0 Å². The Balaban J connectivity index is 1.81. The maximum atomic E-state index is 9.13. The summed E-state index contributed by atoms with van der Waals surface area (Å²) >= 11 is 0. The maximum Gasteiger partial charge on any atom is 0.146 e. The Morgan fingerprint density at radius 3 is 2.84 bits per heavy atom. The van der Waals surface area contributed by atoms with E-state index in [9.17, 15) is 0 Å². The topological polar surface area (TPSA) is 52.8 Å². The third-order valence-electron chi connectivity index (χ3n) is 3.50. The van der Waals surface area contributed by atoms with Crippen LogP contribution in [0.1, 0.15) is 23.6 Å². The lowest BCUT2D eigenvalue weighted by Crippen LogP contribution is -2.21. The summed E-state index contributed by atoms with van der Waals surface area (Å²) in [5.41, 5.74) is 1.77. The second kappa shape index (κ2) is 5.07. The summed E-state index contributed by atoms with van der Waals surface area (Å²) in [6.07, 6.45) is 4.63. The van der Waals surface area contributed by atoms with Crippen LogP contribution in [0.3, 0.4) is 0 Å². The zero-order chi connectivity index (χ0) is 13.1. The highest BCUT2D eigenvalue weighted by Gasteiger charge is 2.26. The number of nitriles is 1. The van der Waals surface area contributed by atoms with Gasteiger partial charge < -0.3 is 4.90 Å². The molecular weight excluding hydrogens is 236 g/mol. The fourth-order valence-electron chi connectivity index (χ4n) is 2.55. The molecule has 0 spiro atoms. The molecule has 4 heteroatoms. The van der Waals surface area contributed by atoms with Gasteiger partial charge in [0.2, 0.25) is 0 Å². The first kappa shape index (κ1) is 11.7. The Kier molecular flexibility index (Phi) is 3.11. The van der Waals surface area contributed by atoms with Crippen LogP contribution in [0.15, 0.2) is 42.7 Å². The predicted octanol–water partition coefficient (Wildman–Crippen LogP) is 2.34. The van der Waals surface area contributed by atoms with Gasteiger partial charge in [-0.25, -0.2) is 4.98 Å². The molecule has 0 aliphatic carbocycles. The van der Waals surface area contributed by atoms with Crippen LogP contribution in [0.5, 0.6) is 0 Å². The molecule has 1 atom stereocenters. The number of pyridine rings is 2. The molecule has 0 saturated carbocycles. The number of hydrogen-bond donors (Lipinski definition) is 0. The van der Waals surface area contributed by atoms with Gasteiger partial charge in [0.1, 0.15) is 11.9 Å². The Labute approximate surface area is 112 Å². The van der Waals surface area contributed by atoms with E-state index in [1.54, 1.807) is 12.3 Å².